The summed E-state index contributed by atoms with van der Waals surface area (Å²) in [6.07, 6.45) is 0. The van der Waals surface area contributed by atoms with Crippen LogP contribution >= 0.6 is 0 Å². The largest absolute Gasteiger partial charge is 0.444 e. The van der Waals surface area contributed by atoms with Gasteiger partial charge in [-0.15, -0.1) is 0 Å². The molecule has 0 saturated carbocycles. The third kappa shape index (κ3) is 5.22. The van der Waals surface area contributed by atoms with Gasteiger partial charge in [-0.05, 0) is 50.5 Å². The quantitative estimate of drug-likeness (QED) is 0.490. The van der Waals surface area contributed by atoms with Crippen molar-refractivity contribution in [3.63, 3.8) is 0 Å². The van der Waals surface area contributed by atoms with Crippen molar-refractivity contribution >= 4 is 5.96 Å². The summed E-state index contributed by atoms with van der Waals surface area (Å²) in [4.78, 5) is 9.11. The van der Waals surface area contributed by atoms with Gasteiger partial charge in [-0.3, -0.25) is 0 Å². The summed E-state index contributed by atoms with van der Waals surface area (Å²) in [5.74, 6) is 2.27. The number of nitrogens with one attached hydrogen (secondary N) is 2. The lowest BCUT2D eigenvalue weighted by molar-refractivity contribution is 0.463. The number of hydrogen-bond donors (Lipinski definition) is 2. The van der Waals surface area contributed by atoms with E-state index < -0.39 is 0 Å². The molecule has 0 radical (unpaired) electrons. The number of rotatable bonds is 6. The van der Waals surface area contributed by atoms with Gasteiger partial charge in [0.25, 0.3) is 0 Å². The Kier molecular flexibility index (Phi) is 6.48. The second-order valence-electron chi connectivity index (χ2n) is 6.87. The maximum absolute atomic E-state index is 5.62. The molecule has 0 bridgehead atoms. The Morgan fingerprint density at radius 3 is 2.43 bits per heavy atom. The van der Waals surface area contributed by atoms with Crippen LogP contribution in [-0.4, -0.2) is 17.5 Å². The highest BCUT2D eigenvalue weighted by molar-refractivity contribution is 5.79. The summed E-state index contributed by atoms with van der Waals surface area (Å²) in [5, 5.41) is 6.55. The zero-order valence-electron chi connectivity index (χ0n) is 17.0. The van der Waals surface area contributed by atoms with E-state index in [-0.39, 0.29) is 0 Å². The van der Waals surface area contributed by atoms with Gasteiger partial charge in [0.1, 0.15) is 5.76 Å². The number of nitrogens with zero attached hydrogens (tertiary/aromatic N) is 2. The van der Waals surface area contributed by atoms with E-state index in [2.05, 4.69) is 78.0 Å². The fourth-order valence-electron chi connectivity index (χ4n) is 2.96. The van der Waals surface area contributed by atoms with Crippen molar-refractivity contribution in [2.75, 3.05) is 6.54 Å². The molecule has 2 N–H and O–H groups in total. The van der Waals surface area contributed by atoms with E-state index in [1.807, 2.05) is 13.8 Å². The number of aromatic nitrogens is 1. The summed E-state index contributed by atoms with van der Waals surface area (Å²) in [6, 6.07) is 17.1. The van der Waals surface area contributed by atoms with E-state index in [0.717, 1.165) is 24.0 Å². The van der Waals surface area contributed by atoms with E-state index in [0.29, 0.717) is 19.0 Å². The average Bonchev–Trinajstić information content (AvgIpc) is 3.02. The number of benzene rings is 2. The maximum atomic E-state index is 5.62. The van der Waals surface area contributed by atoms with Crippen molar-refractivity contribution in [2.45, 2.75) is 40.8 Å². The molecule has 0 aliphatic heterocycles. The van der Waals surface area contributed by atoms with Crippen LogP contribution in [0, 0.1) is 20.8 Å². The topological polar surface area (TPSA) is 62.5 Å². The van der Waals surface area contributed by atoms with E-state index >= 15 is 0 Å². The van der Waals surface area contributed by atoms with Crippen LogP contribution < -0.4 is 10.6 Å². The normalized spacial score (nSPS) is 11.5. The third-order valence-corrected chi connectivity index (χ3v) is 4.52. The van der Waals surface area contributed by atoms with Gasteiger partial charge in [-0.25, -0.2) is 9.98 Å². The highest BCUT2D eigenvalue weighted by atomic mass is 16.4. The highest BCUT2D eigenvalue weighted by Gasteiger charge is 2.06. The SMILES string of the molecule is CCNC(=NCc1cccc(-c2cccc(C)c2)c1)NCc1nc(C)c(C)o1. The lowest BCUT2D eigenvalue weighted by Crippen LogP contribution is -2.36. The Morgan fingerprint density at radius 1 is 1.00 bits per heavy atom. The zero-order chi connectivity index (χ0) is 19.9. The fraction of sp³-hybridized carbons (Fsp3) is 0.304. The second-order valence-corrected chi connectivity index (χ2v) is 6.87. The van der Waals surface area contributed by atoms with Gasteiger partial charge in [0, 0.05) is 6.54 Å². The molecular weight excluding hydrogens is 348 g/mol. The molecule has 146 valence electrons. The number of aliphatic imine (C=N–C) groups is 1. The van der Waals surface area contributed by atoms with E-state index in [4.69, 9.17) is 9.41 Å². The van der Waals surface area contributed by atoms with Gasteiger partial charge in [0.2, 0.25) is 5.89 Å². The Balaban J connectivity index is 1.69. The minimum Gasteiger partial charge on any atom is -0.444 e. The number of hydrogen-bond acceptors (Lipinski definition) is 3. The first-order valence-corrected chi connectivity index (χ1v) is 9.66. The van der Waals surface area contributed by atoms with E-state index in [1.165, 1.54) is 22.3 Å². The monoisotopic (exact) mass is 376 g/mol. The van der Waals surface area contributed by atoms with Gasteiger partial charge in [-0.2, -0.15) is 0 Å². The molecule has 3 aromatic rings. The second kappa shape index (κ2) is 9.22. The standard InChI is InChI=1S/C23H28N4O/c1-5-24-23(26-15-22-27-17(3)18(4)28-22)25-14-19-9-7-11-21(13-19)20-10-6-8-16(2)12-20/h6-13H,5,14-15H2,1-4H3,(H2,24,25,26). The molecule has 5 heteroatoms. The molecule has 28 heavy (non-hydrogen) atoms. The van der Waals surface area contributed by atoms with Crippen LogP contribution in [-0.2, 0) is 13.1 Å². The van der Waals surface area contributed by atoms with Crippen molar-refractivity contribution < 1.29 is 4.42 Å². The number of guanidine groups is 1. The molecule has 0 atom stereocenters. The van der Waals surface area contributed by atoms with E-state index in [1.54, 1.807) is 0 Å². The molecule has 0 amide bonds. The molecule has 0 aliphatic carbocycles. The lowest BCUT2D eigenvalue weighted by atomic mass is 10.0. The first-order valence-electron chi connectivity index (χ1n) is 9.66. The summed E-state index contributed by atoms with van der Waals surface area (Å²) < 4.78 is 5.62. The number of aryl methyl sites for hydroxylation is 3. The number of oxazole rings is 1. The molecule has 0 spiro atoms. The third-order valence-electron chi connectivity index (χ3n) is 4.52. The van der Waals surface area contributed by atoms with Gasteiger partial charge >= 0.3 is 0 Å². The summed E-state index contributed by atoms with van der Waals surface area (Å²) in [7, 11) is 0. The molecule has 1 aromatic heterocycles. The summed E-state index contributed by atoms with van der Waals surface area (Å²) in [6.45, 7) is 9.92. The van der Waals surface area contributed by atoms with Crippen molar-refractivity contribution in [1.82, 2.24) is 15.6 Å². The van der Waals surface area contributed by atoms with Crippen molar-refractivity contribution in [3.05, 3.63) is 77.0 Å². The first-order chi connectivity index (χ1) is 13.5. The molecule has 0 aliphatic rings. The van der Waals surface area contributed by atoms with Crippen LogP contribution in [0.2, 0.25) is 0 Å². The Hall–Kier alpha value is -3.08. The van der Waals surface area contributed by atoms with Crippen LogP contribution in [0.1, 0.15) is 35.4 Å². The van der Waals surface area contributed by atoms with Crippen LogP contribution in [0.3, 0.4) is 0 Å². The van der Waals surface area contributed by atoms with Crippen LogP contribution in [0.4, 0.5) is 0 Å². The van der Waals surface area contributed by atoms with Gasteiger partial charge in [-0.1, -0.05) is 48.0 Å². The molecule has 0 unspecified atom stereocenters. The Labute approximate surface area is 166 Å². The lowest BCUT2D eigenvalue weighted by Gasteiger charge is -2.10. The molecule has 3 rings (SSSR count). The zero-order valence-corrected chi connectivity index (χ0v) is 17.0. The fourth-order valence-corrected chi connectivity index (χ4v) is 2.96. The molecule has 0 fully saturated rings. The van der Waals surface area contributed by atoms with Gasteiger partial charge in [0.05, 0.1) is 18.8 Å². The minimum atomic E-state index is 0.504. The van der Waals surface area contributed by atoms with Crippen molar-refractivity contribution in [3.8, 4) is 11.1 Å². The molecule has 5 nitrogen and oxygen atoms in total. The average molecular weight is 377 g/mol. The molecule has 2 aromatic carbocycles. The van der Waals surface area contributed by atoms with Crippen molar-refractivity contribution in [2.24, 2.45) is 4.99 Å². The maximum Gasteiger partial charge on any atom is 0.214 e. The smallest absolute Gasteiger partial charge is 0.214 e. The van der Waals surface area contributed by atoms with Crippen molar-refractivity contribution in [1.29, 1.82) is 0 Å². The van der Waals surface area contributed by atoms with Crippen LogP contribution in [0.5, 0.6) is 0 Å². The molecular formula is C23H28N4O. The predicted octanol–water partition coefficient (Wildman–Crippen LogP) is 4.52. The molecule has 1 heterocycles. The highest BCUT2D eigenvalue weighted by Crippen LogP contribution is 2.21. The first kappa shape index (κ1) is 19.7. The Morgan fingerprint density at radius 2 is 1.75 bits per heavy atom. The summed E-state index contributed by atoms with van der Waals surface area (Å²) >= 11 is 0. The predicted molar refractivity (Wildman–Crippen MR) is 114 cm³/mol. The van der Waals surface area contributed by atoms with Crippen LogP contribution in [0.25, 0.3) is 11.1 Å². The summed E-state index contributed by atoms with van der Waals surface area (Å²) in [5.41, 5.74) is 5.79. The van der Waals surface area contributed by atoms with Gasteiger partial charge < -0.3 is 15.1 Å². The van der Waals surface area contributed by atoms with Gasteiger partial charge in [0.15, 0.2) is 5.96 Å². The molecule has 0 saturated heterocycles. The Bertz CT molecular complexity index is 939. The van der Waals surface area contributed by atoms with E-state index in [9.17, 15) is 0 Å². The minimum absolute atomic E-state index is 0.504. The van der Waals surface area contributed by atoms with Crippen LogP contribution in [0.15, 0.2) is 57.9 Å².